The van der Waals surface area contributed by atoms with Gasteiger partial charge in [0.1, 0.15) is 11.6 Å². The van der Waals surface area contributed by atoms with Gasteiger partial charge in [-0.25, -0.2) is 13.5 Å². The zero-order chi connectivity index (χ0) is 14.9. The van der Waals surface area contributed by atoms with E-state index in [1.807, 2.05) is 0 Å². The lowest BCUT2D eigenvalue weighted by Gasteiger charge is -2.10. The van der Waals surface area contributed by atoms with Gasteiger partial charge in [-0.05, 0) is 29.0 Å². The summed E-state index contributed by atoms with van der Waals surface area (Å²) in [5.74, 6) is -3.52. The predicted molar refractivity (Wildman–Crippen MR) is 64.7 cm³/mol. The van der Waals surface area contributed by atoms with Crippen LogP contribution in [0.4, 0.5) is 8.78 Å². The van der Waals surface area contributed by atoms with Gasteiger partial charge in [0, 0.05) is 0 Å². The molecule has 1 heterocycles. The van der Waals surface area contributed by atoms with Crippen LogP contribution < -0.4 is 0 Å². The van der Waals surface area contributed by atoms with Gasteiger partial charge >= 0.3 is 5.97 Å². The minimum atomic E-state index is -1.04. The highest BCUT2D eigenvalue weighted by atomic mass is 19.1. The number of carbonyl (C=O) groups is 1. The van der Waals surface area contributed by atoms with E-state index in [9.17, 15) is 13.6 Å². The number of carboxylic acids is 1. The lowest BCUT2D eigenvalue weighted by Crippen LogP contribution is -2.18. The monoisotopic (exact) mass is 282 g/mol. The predicted octanol–water partition coefficient (Wildman–Crippen LogP) is 1.65. The van der Waals surface area contributed by atoms with Gasteiger partial charge in [0.15, 0.2) is 5.82 Å². The summed E-state index contributed by atoms with van der Waals surface area (Å²) in [6.45, 7) is 2.87. The second-order valence-electron chi connectivity index (χ2n) is 4.48. The first kappa shape index (κ1) is 14.0. The van der Waals surface area contributed by atoms with Crippen LogP contribution in [0.2, 0.25) is 0 Å². The molecule has 1 aromatic heterocycles. The molecule has 0 aliphatic carbocycles. The van der Waals surface area contributed by atoms with Crippen molar-refractivity contribution in [1.82, 2.24) is 20.2 Å². The fraction of sp³-hybridized carbons (Fsp3) is 0.333. The Kier molecular flexibility index (Phi) is 3.73. The number of hydrogen-bond acceptors (Lipinski definition) is 4. The number of benzene rings is 1. The van der Waals surface area contributed by atoms with Crippen molar-refractivity contribution < 1.29 is 18.7 Å². The van der Waals surface area contributed by atoms with Gasteiger partial charge in [0.2, 0.25) is 0 Å². The number of halogens is 2. The molecular formula is C12H12F2N4O2. The van der Waals surface area contributed by atoms with Crippen molar-refractivity contribution in [3.05, 3.63) is 29.3 Å². The fourth-order valence-corrected chi connectivity index (χ4v) is 1.71. The summed E-state index contributed by atoms with van der Waals surface area (Å²) in [5.41, 5.74) is -0.102. The van der Waals surface area contributed by atoms with Crippen LogP contribution in [0.25, 0.3) is 11.4 Å². The summed E-state index contributed by atoms with van der Waals surface area (Å²) in [6, 6.07) is 2.43. The molecule has 0 aliphatic rings. The topological polar surface area (TPSA) is 80.9 Å². The summed E-state index contributed by atoms with van der Waals surface area (Å²) < 4.78 is 28.9. The second-order valence-corrected chi connectivity index (χ2v) is 4.48. The number of nitrogens with zero attached hydrogens (tertiary/aromatic N) is 4. The Morgan fingerprint density at radius 2 is 2.15 bits per heavy atom. The SMILES string of the molecule is Cc1ccc(F)c(-c2nnnn2CC(C)C(=O)O)c1F. The lowest BCUT2D eigenvalue weighted by atomic mass is 10.1. The van der Waals surface area contributed by atoms with Crippen LogP contribution in [0.3, 0.4) is 0 Å². The summed E-state index contributed by atoms with van der Waals surface area (Å²) >= 11 is 0. The smallest absolute Gasteiger partial charge is 0.308 e. The Morgan fingerprint density at radius 1 is 1.45 bits per heavy atom. The number of aliphatic carboxylic acids is 1. The van der Waals surface area contributed by atoms with E-state index in [2.05, 4.69) is 15.5 Å². The molecule has 0 radical (unpaired) electrons. The van der Waals surface area contributed by atoms with E-state index >= 15 is 0 Å². The van der Waals surface area contributed by atoms with Gasteiger partial charge in [-0.2, -0.15) is 0 Å². The average molecular weight is 282 g/mol. The van der Waals surface area contributed by atoms with E-state index in [0.717, 1.165) is 10.7 Å². The third-order valence-electron chi connectivity index (χ3n) is 2.91. The number of aromatic nitrogens is 4. The first-order valence-corrected chi connectivity index (χ1v) is 5.85. The second kappa shape index (κ2) is 5.32. The molecule has 0 aliphatic heterocycles. The number of hydrogen-bond donors (Lipinski definition) is 1. The van der Waals surface area contributed by atoms with E-state index < -0.39 is 23.5 Å². The molecule has 20 heavy (non-hydrogen) atoms. The van der Waals surface area contributed by atoms with Gasteiger partial charge in [-0.1, -0.05) is 13.0 Å². The molecule has 0 saturated carbocycles. The number of tetrazole rings is 1. The number of aryl methyl sites for hydroxylation is 1. The van der Waals surface area contributed by atoms with E-state index in [4.69, 9.17) is 5.11 Å². The standard InChI is InChI=1S/C12H12F2N4O2/c1-6-3-4-8(13)9(10(6)14)11-15-16-17-18(11)5-7(2)12(19)20/h3-4,7H,5H2,1-2H3,(H,19,20). The Labute approximate surface area is 113 Å². The zero-order valence-corrected chi connectivity index (χ0v) is 10.8. The number of carboxylic acid groups (broad SMARTS) is 1. The minimum Gasteiger partial charge on any atom is -0.481 e. The van der Waals surface area contributed by atoms with E-state index in [1.54, 1.807) is 0 Å². The van der Waals surface area contributed by atoms with Crippen LogP contribution in [0.15, 0.2) is 12.1 Å². The van der Waals surface area contributed by atoms with Crippen molar-refractivity contribution in [3.8, 4) is 11.4 Å². The first-order valence-electron chi connectivity index (χ1n) is 5.85. The van der Waals surface area contributed by atoms with Crippen molar-refractivity contribution in [1.29, 1.82) is 0 Å². The first-order chi connectivity index (χ1) is 9.41. The van der Waals surface area contributed by atoms with Gasteiger partial charge in [0.05, 0.1) is 18.0 Å². The van der Waals surface area contributed by atoms with Crippen LogP contribution in [0.1, 0.15) is 12.5 Å². The molecule has 2 rings (SSSR count). The van der Waals surface area contributed by atoms with Crippen LogP contribution in [-0.2, 0) is 11.3 Å². The Bertz CT molecular complexity index is 657. The van der Waals surface area contributed by atoms with E-state index in [0.29, 0.717) is 0 Å². The maximum absolute atomic E-state index is 14.0. The molecule has 0 fully saturated rings. The Hall–Kier alpha value is -2.38. The van der Waals surface area contributed by atoms with Gasteiger partial charge in [0.25, 0.3) is 0 Å². The quantitative estimate of drug-likeness (QED) is 0.922. The molecule has 2 aromatic rings. The molecule has 106 valence electrons. The molecule has 1 atom stereocenters. The maximum atomic E-state index is 14.0. The third kappa shape index (κ3) is 2.49. The van der Waals surface area contributed by atoms with Crippen LogP contribution >= 0.6 is 0 Å². The van der Waals surface area contributed by atoms with E-state index in [1.165, 1.54) is 19.9 Å². The Balaban J connectivity index is 2.48. The van der Waals surface area contributed by atoms with Gasteiger partial charge in [-0.3, -0.25) is 4.79 Å². The van der Waals surface area contributed by atoms with Crippen LogP contribution in [0.5, 0.6) is 0 Å². The zero-order valence-electron chi connectivity index (χ0n) is 10.8. The maximum Gasteiger partial charge on any atom is 0.308 e. The average Bonchev–Trinajstić information content (AvgIpc) is 2.82. The van der Waals surface area contributed by atoms with Crippen LogP contribution in [-0.4, -0.2) is 31.3 Å². The summed E-state index contributed by atoms with van der Waals surface area (Å²) in [6.07, 6.45) is 0. The molecule has 1 aromatic carbocycles. The fourth-order valence-electron chi connectivity index (χ4n) is 1.71. The van der Waals surface area contributed by atoms with Crippen molar-refractivity contribution in [2.24, 2.45) is 5.92 Å². The highest BCUT2D eigenvalue weighted by Crippen LogP contribution is 2.26. The van der Waals surface area contributed by atoms with Crippen molar-refractivity contribution in [3.63, 3.8) is 0 Å². The normalized spacial score (nSPS) is 12.4. The van der Waals surface area contributed by atoms with E-state index in [-0.39, 0.29) is 23.5 Å². The molecule has 0 spiro atoms. The molecule has 1 unspecified atom stereocenters. The molecular weight excluding hydrogens is 270 g/mol. The highest BCUT2D eigenvalue weighted by Gasteiger charge is 2.22. The molecule has 6 nitrogen and oxygen atoms in total. The van der Waals surface area contributed by atoms with Crippen molar-refractivity contribution in [2.45, 2.75) is 20.4 Å². The summed E-state index contributed by atoms with van der Waals surface area (Å²) in [7, 11) is 0. The third-order valence-corrected chi connectivity index (χ3v) is 2.91. The highest BCUT2D eigenvalue weighted by molar-refractivity contribution is 5.69. The molecule has 0 bridgehead atoms. The van der Waals surface area contributed by atoms with Gasteiger partial charge < -0.3 is 5.11 Å². The lowest BCUT2D eigenvalue weighted by molar-refractivity contribution is -0.141. The molecule has 0 amide bonds. The molecule has 0 saturated heterocycles. The summed E-state index contributed by atoms with van der Waals surface area (Å²) in [4.78, 5) is 10.8. The van der Waals surface area contributed by atoms with Crippen molar-refractivity contribution >= 4 is 5.97 Å². The minimum absolute atomic E-state index is 0.0789. The van der Waals surface area contributed by atoms with Gasteiger partial charge in [-0.15, -0.1) is 5.10 Å². The largest absolute Gasteiger partial charge is 0.481 e. The summed E-state index contributed by atoms with van der Waals surface area (Å²) in [5, 5.41) is 19.4. The molecule has 8 heteroatoms. The van der Waals surface area contributed by atoms with Crippen LogP contribution in [0, 0.1) is 24.5 Å². The van der Waals surface area contributed by atoms with Crippen molar-refractivity contribution in [2.75, 3.05) is 0 Å². The Morgan fingerprint density at radius 3 is 2.80 bits per heavy atom. The number of rotatable bonds is 4. The molecule has 1 N–H and O–H groups in total.